The SMILES string of the molecule is CCCCCCCCCCCCCC(C)CC(CCCCN=C=S)C(=O)O. The van der Waals surface area contributed by atoms with Gasteiger partial charge in [0.2, 0.25) is 0 Å². The third-order valence-corrected chi connectivity index (χ3v) is 5.60. The predicted octanol–water partition coefficient (Wildman–Crippen LogP) is 7.69. The van der Waals surface area contributed by atoms with E-state index in [0.29, 0.717) is 12.5 Å². The summed E-state index contributed by atoms with van der Waals surface area (Å²) in [7, 11) is 0. The van der Waals surface area contributed by atoms with Crippen LogP contribution in [0.25, 0.3) is 0 Å². The van der Waals surface area contributed by atoms with Crippen molar-refractivity contribution in [3.05, 3.63) is 0 Å². The van der Waals surface area contributed by atoms with Crippen LogP contribution in [0.1, 0.15) is 117 Å². The van der Waals surface area contributed by atoms with Gasteiger partial charge in [-0.25, -0.2) is 4.99 Å². The minimum absolute atomic E-state index is 0.204. The van der Waals surface area contributed by atoms with Crippen LogP contribution < -0.4 is 0 Å². The molecule has 0 aromatic rings. The number of carbonyl (C=O) groups is 1. The van der Waals surface area contributed by atoms with Crippen LogP contribution in [0.4, 0.5) is 0 Å². The summed E-state index contributed by atoms with van der Waals surface area (Å²) in [5, 5.41) is 11.8. The summed E-state index contributed by atoms with van der Waals surface area (Å²) < 4.78 is 0. The lowest BCUT2D eigenvalue weighted by Crippen LogP contribution is -2.17. The number of carboxylic acid groups (broad SMARTS) is 1. The zero-order valence-corrected chi connectivity index (χ0v) is 18.7. The number of isothiocyanates is 1. The fourth-order valence-electron chi connectivity index (χ4n) is 3.73. The summed E-state index contributed by atoms with van der Waals surface area (Å²) in [5.74, 6) is -0.341. The van der Waals surface area contributed by atoms with Crippen molar-refractivity contribution in [1.82, 2.24) is 0 Å². The molecule has 3 nitrogen and oxygen atoms in total. The predicted molar refractivity (Wildman–Crippen MR) is 120 cm³/mol. The molecule has 4 heteroatoms. The molecule has 0 aliphatic carbocycles. The van der Waals surface area contributed by atoms with Gasteiger partial charge < -0.3 is 5.11 Å². The summed E-state index contributed by atoms with van der Waals surface area (Å²) in [6.45, 7) is 5.15. The van der Waals surface area contributed by atoms with Gasteiger partial charge in [0, 0.05) is 6.54 Å². The Morgan fingerprint density at radius 3 is 1.93 bits per heavy atom. The zero-order valence-electron chi connectivity index (χ0n) is 17.9. The number of thiocarbonyl (C=S) groups is 1. The molecule has 0 spiro atoms. The van der Waals surface area contributed by atoms with E-state index in [1.807, 2.05) is 0 Å². The van der Waals surface area contributed by atoms with Gasteiger partial charge in [-0.15, -0.1) is 0 Å². The van der Waals surface area contributed by atoms with Crippen LogP contribution in [0.15, 0.2) is 4.99 Å². The first kappa shape index (κ1) is 26.3. The lowest BCUT2D eigenvalue weighted by molar-refractivity contribution is -0.142. The van der Waals surface area contributed by atoms with E-state index >= 15 is 0 Å². The average molecular weight is 398 g/mol. The Hall–Kier alpha value is -0.730. The largest absolute Gasteiger partial charge is 0.481 e. The molecule has 0 aromatic heterocycles. The summed E-state index contributed by atoms with van der Waals surface area (Å²) >= 11 is 4.54. The van der Waals surface area contributed by atoms with Gasteiger partial charge in [-0.2, -0.15) is 0 Å². The fourth-order valence-corrected chi connectivity index (χ4v) is 3.82. The molecule has 0 aliphatic rings. The molecule has 0 aliphatic heterocycles. The Balaban J connectivity index is 3.61. The molecule has 0 saturated carbocycles. The van der Waals surface area contributed by atoms with Crippen LogP contribution >= 0.6 is 12.2 Å². The molecule has 0 bridgehead atoms. The molecule has 0 radical (unpaired) electrons. The molecule has 0 amide bonds. The monoisotopic (exact) mass is 397 g/mol. The van der Waals surface area contributed by atoms with E-state index < -0.39 is 5.97 Å². The number of hydrogen-bond donors (Lipinski definition) is 1. The summed E-state index contributed by atoms with van der Waals surface area (Å²) in [5.41, 5.74) is 0. The molecule has 1 N–H and O–H groups in total. The minimum Gasteiger partial charge on any atom is -0.481 e. The molecule has 0 saturated heterocycles. The van der Waals surface area contributed by atoms with Gasteiger partial charge in [0.1, 0.15) is 0 Å². The molecule has 0 rings (SSSR count). The first-order valence-corrected chi connectivity index (χ1v) is 11.8. The Morgan fingerprint density at radius 2 is 1.41 bits per heavy atom. The summed E-state index contributed by atoms with van der Waals surface area (Å²) in [6.07, 6.45) is 19.5. The van der Waals surface area contributed by atoms with Crippen molar-refractivity contribution in [1.29, 1.82) is 0 Å². The van der Waals surface area contributed by atoms with E-state index in [1.165, 1.54) is 70.6 Å². The number of rotatable bonds is 20. The lowest BCUT2D eigenvalue weighted by Gasteiger charge is -2.17. The van der Waals surface area contributed by atoms with E-state index in [-0.39, 0.29) is 5.92 Å². The number of hydrogen-bond acceptors (Lipinski definition) is 3. The molecule has 0 aromatic carbocycles. The summed E-state index contributed by atoms with van der Waals surface area (Å²) in [4.78, 5) is 15.3. The van der Waals surface area contributed by atoms with Crippen LogP contribution in [-0.2, 0) is 4.79 Å². The standard InChI is InChI=1S/C23H43NO2S/c1-3-4-5-6-7-8-9-10-11-12-13-16-21(2)19-22(23(25)26)17-14-15-18-24-20-27/h21-22H,3-19H2,1-2H3,(H,25,26). The Bertz CT molecular complexity index is 394. The number of aliphatic carboxylic acids is 1. The van der Waals surface area contributed by atoms with Crippen molar-refractivity contribution in [3.63, 3.8) is 0 Å². The first-order valence-electron chi connectivity index (χ1n) is 11.4. The highest BCUT2D eigenvalue weighted by Gasteiger charge is 2.19. The highest BCUT2D eigenvalue weighted by molar-refractivity contribution is 7.78. The topological polar surface area (TPSA) is 49.7 Å². The Kier molecular flexibility index (Phi) is 19.5. The third kappa shape index (κ3) is 18.4. The second-order valence-electron chi connectivity index (χ2n) is 8.17. The molecule has 2 atom stereocenters. The second-order valence-corrected chi connectivity index (χ2v) is 8.35. The van der Waals surface area contributed by atoms with Gasteiger partial charge in [0.15, 0.2) is 0 Å². The van der Waals surface area contributed by atoms with E-state index in [0.717, 1.165) is 32.1 Å². The summed E-state index contributed by atoms with van der Waals surface area (Å²) in [6, 6.07) is 0. The normalized spacial score (nSPS) is 13.1. The van der Waals surface area contributed by atoms with Crippen molar-refractivity contribution < 1.29 is 9.90 Å². The van der Waals surface area contributed by atoms with Crippen molar-refractivity contribution in [3.8, 4) is 0 Å². The van der Waals surface area contributed by atoms with Crippen LogP contribution in [0.2, 0.25) is 0 Å². The number of nitrogens with zero attached hydrogens (tertiary/aromatic N) is 1. The Morgan fingerprint density at radius 1 is 0.889 bits per heavy atom. The number of aliphatic imine (C=N–C) groups is 1. The van der Waals surface area contributed by atoms with E-state index in [1.54, 1.807) is 0 Å². The smallest absolute Gasteiger partial charge is 0.306 e. The van der Waals surface area contributed by atoms with Crippen molar-refractivity contribution >= 4 is 23.3 Å². The van der Waals surface area contributed by atoms with Crippen molar-refractivity contribution in [2.45, 2.75) is 117 Å². The van der Waals surface area contributed by atoms with E-state index in [2.05, 4.69) is 36.2 Å². The van der Waals surface area contributed by atoms with Gasteiger partial charge in [-0.3, -0.25) is 4.79 Å². The maximum Gasteiger partial charge on any atom is 0.306 e. The van der Waals surface area contributed by atoms with Gasteiger partial charge in [0.05, 0.1) is 11.1 Å². The van der Waals surface area contributed by atoms with Crippen molar-refractivity contribution in [2.75, 3.05) is 6.54 Å². The molecular weight excluding hydrogens is 354 g/mol. The average Bonchev–Trinajstić information content (AvgIpc) is 2.64. The van der Waals surface area contributed by atoms with Crippen LogP contribution in [0.3, 0.4) is 0 Å². The lowest BCUT2D eigenvalue weighted by atomic mass is 9.88. The highest BCUT2D eigenvalue weighted by Crippen LogP contribution is 2.23. The van der Waals surface area contributed by atoms with Gasteiger partial charge in [0.25, 0.3) is 0 Å². The molecule has 0 heterocycles. The van der Waals surface area contributed by atoms with Gasteiger partial charge in [-0.05, 0) is 37.4 Å². The van der Waals surface area contributed by atoms with Gasteiger partial charge >= 0.3 is 5.97 Å². The van der Waals surface area contributed by atoms with Crippen LogP contribution in [0.5, 0.6) is 0 Å². The molecular formula is C23H43NO2S. The molecule has 27 heavy (non-hydrogen) atoms. The maximum absolute atomic E-state index is 11.5. The fraction of sp³-hybridized carbons (Fsp3) is 0.913. The Labute approximate surface area is 173 Å². The van der Waals surface area contributed by atoms with E-state index in [9.17, 15) is 9.90 Å². The van der Waals surface area contributed by atoms with Crippen LogP contribution in [-0.4, -0.2) is 22.8 Å². The number of unbranched alkanes of at least 4 members (excludes halogenated alkanes) is 11. The zero-order chi connectivity index (χ0) is 20.2. The van der Waals surface area contributed by atoms with E-state index in [4.69, 9.17) is 0 Å². The highest BCUT2D eigenvalue weighted by atomic mass is 32.1. The molecule has 0 fully saturated rings. The van der Waals surface area contributed by atoms with Crippen LogP contribution in [0, 0.1) is 11.8 Å². The third-order valence-electron chi connectivity index (χ3n) is 5.47. The second kappa shape index (κ2) is 20.0. The van der Waals surface area contributed by atoms with Gasteiger partial charge in [-0.1, -0.05) is 97.3 Å². The molecule has 158 valence electrons. The minimum atomic E-state index is -0.640. The molecule has 2 unspecified atom stereocenters. The first-order chi connectivity index (χ1) is 13.1. The maximum atomic E-state index is 11.5. The van der Waals surface area contributed by atoms with Crippen molar-refractivity contribution in [2.24, 2.45) is 16.8 Å². The number of carboxylic acids is 1. The quantitative estimate of drug-likeness (QED) is 0.130.